The zero-order valence-electron chi connectivity index (χ0n) is 8.74. The highest BCUT2D eigenvalue weighted by atomic mass is 32.1. The van der Waals surface area contributed by atoms with Crippen LogP contribution in [0.5, 0.6) is 11.5 Å². The summed E-state index contributed by atoms with van der Waals surface area (Å²) in [6.45, 7) is 0. The fourth-order valence-corrected chi connectivity index (χ4v) is 1.30. The molecule has 17 heavy (non-hydrogen) atoms. The Morgan fingerprint density at radius 3 is 2.59 bits per heavy atom. The first-order chi connectivity index (χ1) is 7.92. The van der Waals surface area contributed by atoms with Crippen molar-refractivity contribution in [3.8, 4) is 11.5 Å². The largest absolute Gasteiger partial charge is 0.573 e. The van der Waals surface area contributed by atoms with E-state index in [0.717, 1.165) is 12.1 Å². The molecule has 0 radical (unpaired) electrons. The molecule has 0 bridgehead atoms. The van der Waals surface area contributed by atoms with Crippen molar-refractivity contribution < 1.29 is 23.0 Å². The molecule has 0 aliphatic rings. The van der Waals surface area contributed by atoms with Crippen LogP contribution < -0.4 is 4.74 Å². The fraction of sp³-hybridized carbons (Fsp3) is 0.273. The lowest BCUT2D eigenvalue weighted by molar-refractivity contribution is -0.274. The summed E-state index contributed by atoms with van der Waals surface area (Å²) in [6.07, 6.45) is -0.658. The molecule has 1 N–H and O–H groups in total. The first-order valence-electron chi connectivity index (χ1n) is 4.78. The lowest BCUT2D eigenvalue weighted by atomic mass is 10.1. The molecule has 1 aromatic rings. The summed E-state index contributed by atoms with van der Waals surface area (Å²) >= 11 is 4.00. The van der Waals surface area contributed by atoms with Gasteiger partial charge in [-0.1, -0.05) is 12.2 Å². The van der Waals surface area contributed by atoms with Crippen LogP contribution in [0.2, 0.25) is 0 Å². The number of halogens is 3. The number of hydrogen-bond acceptors (Lipinski definition) is 3. The summed E-state index contributed by atoms with van der Waals surface area (Å²) in [6, 6.07) is 3.42. The number of rotatable bonds is 4. The van der Waals surface area contributed by atoms with E-state index in [0.29, 0.717) is 17.7 Å². The van der Waals surface area contributed by atoms with Gasteiger partial charge in [-0.3, -0.25) is 0 Å². The Morgan fingerprint density at radius 2 is 2.06 bits per heavy atom. The van der Waals surface area contributed by atoms with Crippen molar-refractivity contribution in [2.24, 2.45) is 0 Å². The van der Waals surface area contributed by atoms with Crippen LogP contribution in [0.4, 0.5) is 13.2 Å². The highest BCUT2D eigenvalue weighted by molar-refractivity contribution is 7.80. The molecule has 0 atom stereocenters. The minimum atomic E-state index is -4.75. The van der Waals surface area contributed by atoms with Gasteiger partial charge in [0.05, 0.1) is 0 Å². The van der Waals surface area contributed by atoms with Gasteiger partial charge in [0.15, 0.2) is 0 Å². The molecular formula is C11H11F3O2S. The van der Waals surface area contributed by atoms with Gasteiger partial charge in [-0.2, -0.15) is 12.6 Å². The number of alkyl halides is 3. The van der Waals surface area contributed by atoms with E-state index in [1.54, 1.807) is 12.2 Å². The van der Waals surface area contributed by atoms with E-state index in [9.17, 15) is 18.3 Å². The van der Waals surface area contributed by atoms with E-state index >= 15 is 0 Å². The van der Waals surface area contributed by atoms with Gasteiger partial charge < -0.3 is 9.84 Å². The Morgan fingerprint density at radius 1 is 1.35 bits per heavy atom. The van der Waals surface area contributed by atoms with Gasteiger partial charge in [-0.05, 0) is 24.3 Å². The van der Waals surface area contributed by atoms with E-state index in [2.05, 4.69) is 17.4 Å². The first kappa shape index (κ1) is 13.8. The van der Waals surface area contributed by atoms with Crippen LogP contribution in [0, 0.1) is 0 Å². The molecule has 0 saturated carbocycles. The Balaban J connectivity index is 2.79. The minimum absolute atomic E-state index is 0.262. The molecule has 94 valence electrons. The normalized spacial score (nSPS) is 12.0. The summed E-state index contributed by atoms with van der Waals surface area (Å²) < 4.78 is 39.4. The molecule has 2 nitrogen and oxygen atoms in total. The SMILES string of the molecule is Oc1cc(OC(F)(F)F)ccc1C=CCCS. The van der Waals surface area contributed by atoms with Crippen molar-refractivity contribution in [3.63, 3.8) is 0 Å². The molecule has 0 aromatic heterocycles. The second kappa shape index (κ2) is 5.86. The monoisotopic (exact) mass is 264 g/mol. The number of benzene rings is 1. The average Bonchev–Trinajstić information content (AvgIpc) is 2.19. The third-order valence-corrected chi connectivity index (χ3v) is 2.09. The van der Waals surface area contributed by atoms with Gasteiger partial charge in [0, 0.05) is 11.6 Å². The van der Waals surface area contributed by atoms with Gasteiger partial charge in [0.2, 0.25) is 0 Å². The average molecular weight is 264 g/mol. The molecule has 1 rings (SSSR count). The number of hydrogen-bond donors (Lipinski definition) is 2. The molecule has 0 heterocycles. The lowest BCUT2D eigenvalue weighted by Crippen LogP contribution is -2.16. The summed E-state index contributed by atoms with van der Waals surface area (Å²) in [7, 11) is 0. The molecule has 0 saturated heterocycles. The molecular weight excluding hydrogens is 253 g/mol. The maximum Gasteiger partial charge on any atom is 0.573 e. The second-order valence-corrected chi connectivity index (χ2v) is 3.63. The number of aromatic hydroxyl groups is 1. The van der Waals surface area contributed by atoms with Crippen molar-refractivity contribution in [1.29, 1.82) is 0 Å². The number of allylic oxidation sites excluding steroid dienone is 1. The van der Waals surface area contributed by atoms with Crippen molar-refractivity contribution in [2.75, 3.05) is 5.75 Å². The van der Waals surface area contributed by atoms with E-state index in [-0.39, 0.29) is 5.75 Å². The van der Waals surface area contributed by atoms with Crippen LogP contribution in [0.3, 0.4) is 0 Å². The molecule has 0 spiro atoms. The number of ether oxygens (including phenoxy) is 1. The van der Waals surface area contributed by atoms with Crippen molar-refractivity contribution in [3.05, 3.63) is 29.8 Å². The van der Waals surface area contributed by atoms with Crippen LogP contribution in [0.25, 0.3) is 6.08 Å². The van der Waals surface area contributed by atoms with E-state index in [1.165, 1.54) is 6.07 Å². The maximum absolute atomic E-state index is 11.9. The third-order valence-electron chi connectivity index (χ3n) is 1.83. The van der Waals surface area contributed by atoms with Gasteiger partial charge in [0.25, 0.3) is 0 Å². The smallest absolute Gasteiger partial charge is 0.507 e. The summed E-state index contributed by atoms with van der Waals surface area (Å²) in [5.41, 5.74) is 0.432. The lowest BCUT2D eigenvalue weighted by Gasteiger charge is -2.09. The van der Waals surface area contributed by atoms with Gasteiger partial charge in [-0.15, -0.1) is 13.2 Å². The molecule has 1 aromatic carbocycles. The summed E-state index contributed by atoms with van der Waals surface area (Å²) in [5.74, 6) is -0.0458. The Hall–Kier alpha value is -1.30. The Labute approximate surface area is 102 Å². The quantitative estimate of drug-likeness (QED) is 0.813. The molecule has 0 fully saturated rings. The molecule has 0 aliphatic heterocycles. The highest BCUT2D eigenvalue weighted by Gasteiger charge is 2.31. The first-order valence-corrected chi connectivity index (χ1v) is 5.42. The van der Waals surface area contributed by atoms with Crippen LogP contribution in [-0.2, 0) is 0 Å². The molecule has 0 amide bonds. The van der Waals surface area contributed by atoms with Gasteiger partial charge in [0.1, 0.15) is 11.5 Å². The van der Waals surface area contributed by atoms with Gasteiger partial charge >= 0.3 is 6.36 Å². The van der Waals surface area contributed by atoms with E-state index in [1.807, 2.05) is 0 Å². The van der Waals surface area contributed by atoms with E-state index < -0.39 is 12.1 Å². The van der Waals surface area contributed by atoms with Crippen molar-refractivity contribution in [2.45, 2.75) is 12.8 Å². The number of phenols is 1. The number of phenolic OH excluding ortho intramolecular Hbond substituents is 1. The second-order valence-electron chi connectivity index (χ2n) is 3.18. The van der Waals surface area contributed by atoms with Crippen molar-refractivity contribution >= 4 is 18.7 Å². The number of thiol groups is 1. The van der Waals surface area contributed by atoms with Crippen LogP contribution in [0.1, 0.15) is 12.0 Å². The Kier molecular flexibility index (Phi) is 4.74. The Bertz CT molecular complexity index is 402. The van der Waals surface area contributed by atoms with Crippen LogP contribution in [-0.4, -0.2) is 17.2 Å². The maximum atomic E-state index is 11.9. The molecule has 0 unspecified atom stereocenters. The molecule has 0 aliphatic carbocycles. The standard InChI is InChI=1S/C11H11F3O2S/c12-11(13,14)16-9-5-4-8(10(15)7-9)3-1-2-6-17/h1,3-5,7,15,17H,2,6H2. The predicted octanol–water partition coefficient (Wildman–Crippen LogP) is 3.62. The van der Waals surface area contributed by atoms with Crippen molar-refractivity contribution in [1.82, 2.24) is 0 Å². The summed E-state index contributed by atoms with van der Waals surface area (Å²) in [4.78, 5) is 0. The predicted molar refractivity (Wildman–Crippen MR) is 62.3 cm³/mol. The third kappa shape index (κ3) is 5.04. The molecule has 6 heteroatoms. The van der Waals surface area contributed by atoms with E-state index in [4.69, 9.17) is 0 Å². The van der Waals surface area contributed by atoms with Crippen LogP contribution >= 0.6 is 12.6 Å². The minimum Gasteiger partial charge on any atom is -0.507 e. The topological polar surface area (TPSA) is 29.5 Å². The zero-order chi connectivity index (χ0) is 12.9. The zero-order valence-corrected chi connectivity index (χ0v) is 9.63. The van der Waals surface area contributed by atoms with Gasteiger partial charge in [-0.25, -0.2) is 0 Å². The fourth-order valence-electron chi connectivity index (χ4n) is 1.15. The summed E-state index contributed by atoms with van der Waals surface area (Å²) in [5, 5.41) is 9.47. The van der Waals surface area contributed by atoms with Crippen LogP contribution in [0.15, 0.2) is 24.3 Å². The highest BCUT2D eigenvalue weighted by Crippen LogP contribution is 2.28.